The van der Waals surface area contributed by atoms with Gasteiger partial charge in [-0.2, -0.15) is 5.10 Å². The van der Waals surface area contributed by atoms with E-state index in [0.29, 0.717) is 18.5 Å². The maximum absolute atomic E-state index is 12.5. The fourth-order valence-electron chi connectivity index (χ4n) is 3.65. The van der Waals surface area contributed by atoms with Crippen molar-refractivity contribution in [2.24, 2.45) is 11.8 Å². The molecule has 2 unspecified atom stereocenters. The van der Waals surface area contributed by atoms with Crippen molar-refractivity contribution in [2.45, 2.75) is 46.2 Å². The molecule has 3 fully saturated rings. The molecule has 4 rings (SSSR count). The molecule has 122 valence electrons. The van der Waals surface area contributed by atoms with E-state index in [1.807, 2.05) is 25.5 Å². The Labute approximate surface area is 140 Å². The summed E-state index contributed by atoms with van der Waals surface area (Å²) in [6, 6.07) is 0.338. The molecule has 6 heteroatoms. The lowest BCUT2D eigenvalue weighted by atomic mass is 9.84. The minimum atomic E-state index is -0.0691. The predicted octanol–water partition coefficient (Wildman–Crippen LogP) is 2.11. The van der Waals surface area contributed by atoms with Crippen LogP contribution in [0.4, 0.5) is 0 Å². The Morgan fingerprint density at radius 1 is 1.41 bits per heavy atom. The zero-order valence-corrected chi connectivity index (χ0v) is 15.2. The van der Waals surface area contributed by atoms with E-state index in [-0.39, 0.29) is 11.8 Å². The van der Waals surface area contributed by atoms with Crippen LogP contribution in [0, 0.1) is 25.7 Å². The van der Waals surface area contributed by atoms with Crippen LogP contribution in [0.25, 0.3) is 0 Å². The summed E-state index contributed by atoms with van der Waals surface area (Å²) in [5.74, 6) is 0.756. The van der Waals surface area contributed by atoms with Crippen molar-refractivity contribution in [3.8, 4) is 0 Å². The first-order chi connectivity index (χ1) is 10.5. The van der Waals surface area contributed by atoms with Crippen LogP contribution >= 0.6 is 15.9 Å². The zero-order chi connectivity index (χ0) is 15.9. The molecule has 0 aromatic carbocycles. The van der Waals surface area contributed by atoms with Crippen molar-refractivity contribution < 1.29 is 4.79 Å². The number of carbonyl (C=O) groups is 1. The van der Waals surface area contributed by atoms with Gasteiger partial charge in [0.1, 0.15) is 0 Å². The Kier molecular flexibility index (Phi) is 4.59. The van der Waals surface area contributed by atoms with E-state index in [1.165, 1.54) is 25.9 Å². The van der Waals surface area contributed by atoms with Gasteiger partial charge in [-0.1, -0.05) is 6.92 Å². The molecule has 3 saturated heterocycles. The molecule has 5 nitrogen and oxygen atoms in total. The summed E-state index contributed by atoms with van der Waals surface area (Å²) in [7, 11) is 0. The molecule has 4 heterocycles. The Morgan fingerprint density at radius 2 is 2.09 bits per heavy atom. The molecule has 3 aliphatic heterocycles. The fraction of sp³-hybridized carbons (Fsp3) is 0.750. The summed E-state index contributed by atoms with van der Waals surface area (Å²) >= 11 is 3.54. The highest BCUT2D eigenvalue weighted by atomic mass is 79.9. The number of nitrogens with one attached hydrogen (secondary N) is 1. The number of rotatable bonds is 4. The second kappa shape index (κ2) is 6.32. The smallest absolute Gasteiger partial charge is 0.224 e. The maximum Gasteiger partial charge on any atom is 0.224 e. The number of hydrogen-bond acceptors (Lipinski definition) is 3. The summed E-state index contributed by atoms with van der Waals surface area (Å²) in [5, 5.41) is 7.78. The second-order valence-electron chi connectivity index (χ2n) is 6.82. The number of carbonyl (C=O) groups excluding carboxylic acids is 1. The quantitative estimate of drug-likeness (QED) is 0.885. The van der Waals surface area contributed by atoms with Crippen molar-refractivity contribution in [2.75, 3.05) is 19.6 Å². The van der Waals surface area contributed by atoms with Gasteiger partial charge >= 0.3 is 0 Å². The first-order valence-electron chi connectivity index (χ1n) is 8.18. The standard InChI is InChI=1S/C16H25BrN4O/c1-10(8-21-12(3)15(17)11(2)19-21)16(22)18-14-9-20-6-4-13(14)5-7-20/h10,13-14H,4-9H2,1-3H3,(H,18,22). The predicted molar refractivity (Wildman–Crippen MR) is 89.7 cm³/mol. The van der Waals surface area contributed by atoms with Gasteiger partial charge in [-0.15, -0.1) is 0 Å². The number of hydrogen-bond donors (Lipinski definition) is 1. The number of amides is 1. The van der Waals surface area contributed by atoms with Crippen LogP contribution in [0.5, 0.6) is 0 Å². The normalized spacial score (nSPS) is 28.6. The highest BCUT2D eigenvalue weighted by molar-refractivity contribution is 9.10. The highest BCUT2D eigenvalue weighted by Gasteiger charge is 2.35. The van der Waals surface area contributed by atoms with Crippen molar-refractivity contribution in [3.05, 3.63) is 15.9 Å². The second-order valence-corrected chi connectivity index (χ2v) is 7.61. The van der Waals surface area contributed by atoms with Crippen LogP contribution in [-0.4, -0.2) is 46.3 Å². The third-order valence-electron chi connectivity index (χ3n) is 5.17. The zero-order valence-electron chi connectivity index (χ0n) is 13.6. The van der Waals surface area contributed by atoms with Crippen molar-refractivity contribution in [3.63, 3.8) is 0 Å². The summed E-state index contributed by atoms with van der Waals surface area (Å²) in [5.41, 5.74) is 2.06. The van der Waals surface area contributed by atoms with Gasteiger partial charge in [0.05, 0.1) is 22.6 Å². The average Bonchev–Trinajstić information content (AvgIpc) is 2.75. The van der Waals surface area contributed by atoms with Gasteiger partial charge in [0.25, 0.3) is 0 Å². The molecule has 1 N–H and O–H groups in total. The van der Waals surface area contributed by atoms with Crippen LogP contribution in [0.3, 0.4) is 0 Å². The molecule has 0 spiro atoms. The lowest BCUT2D eigenvalue weighted by Gasteiger charge is -2.45. The Bertz CT molecular complexity index is 563. The molecule has 3 aliphatic rings. The molecular weight excluding hydrogens is 344 g/mol. The van der Waals surface area contributed by atoms with Crippen LogP contribution in [0.2, 0.25) is 0 Å². The van der Waals surface area contributed by atoms with E-state index < -0.39 is 0 Å². The van der Waals surface area contributed by atoms with Gasteiger partial charge < -0.3 is 10.2 Å². The molecule has 2 bridgehead atoms. The van der Waals surface area contributed by atoms with Gasteiger partial charge in [-0.05, 0) is 61.6 Å². The monoisotopic (exact) mass is 368 g/mol. The van der Waals surface area contributed by atoms with E-state index in [4.69, 9.17) is 0 Å². The molecule has 0 aliphatic carbocycles. The van der Waals surface area contributed by atoms with Crippen LogP contribution in [0.1, 0.15) is 31.2 Å². The SMILES string of the molecule is Cc1nn(CC(C)C(=O)NC2CN3CCC2CC3)c(C)c1Br. The molecule has 0 saturated carbocycles. The molecular formula is C16H25BrN4O. The molecule has 1 aromatic rings. The Balaban J connectivity index is 1.59. The topological polar surface area (TPSA) is 50.2 Å². The van der Waals surface area contributed by atoms with Crippen LogP contribution in [0.15, 0.2) is 4.47 Å². The minimum Gasteiger partial charge on any atom is -0.352 e. The minimum absolute atomic E-state index is 0.0691. The number of aromatic nitrogens is 2. The van der Waals surface area contributed by atoms with E-state index in [9.17, 15) is 4.79 Å². The fourth-order valence-corrected chi connectivity index (χ4v) is 3.93. The summed E-state index contributed by atoms with van der Waals surface area (Å²) < 4.78 is 2.97. The van der Waals surface area contributed by atoms with E-state index >= 15 is 0 Å². The van der Waals surface area contributed by atoms with E-state index in [1.54, 1.807) is 0 Å². The van der Waals surface area contributed by atoms with Crippen molar-refractivity contribution in [1.82, 2.24) is 20.0 Å². The molecule has 1 amide bonds. The summed E-state index contributed by atoms with van der Waals surface area (Å²) in [6.45, 7) is 10.0. The Morgan fingerprint density at radius 3 is 2.59 bits per heavy atom. The van der Waals surface area contributed by atoms with Gasteiger partial charge in [0, 0.05) is 18.3 Å². The maximum atomic E-state index is 12.5. The third-order valence-corrected chi connectivity index (χ3v) is 6.32. The van der Waals surface area contributed by atoms with Gasteiger partial charge in [0.2, 0.25) is 5.91 Å². The number of nitrogens with zero attached hydrogens (tertiary/aromatic N) is 3. The first kappa shape index (κ1) is 16.0. The van der Waals surface area contributed by atoms with Gasteiger partial charge in [0.15, 0.2) is 0 Å². The van der Waals surface area contributed by atoms with E-state index in [2.05, 4.69) is 31.2 Å². The van der Waals surface area contributed by atoms with E-state index in [0.717, 1.165) is 22.4 Å². The summed E-state index contributed by atoms with van der Waals surface area (Å²) in [6.07, 6.45) is 2.45. The number of aryl methyl sites for hydroxylation is 1. The lowest BCUT2D eigenvalue weighted by molar-refractivity contribution is -0.127. The largest absolute Gasteiger partial charge is 0.352 e. The highest BCUT2D eigenvalue weighted by Crippen LogP contribution is 2.27. The summed E-state index contributed by atoms with van der Waals surface area (Å²) in [4.78, 5) is 15.0. The average molecular weight is 369 g/mol. The molecule has 2 atom stereocenters. The molecule has 22 heavy (non-hydrogen) atoms. The van der Waals surface area contributed by atoms with Crippen molar-refractivity contribution >= 4 is 21.8 Å². The van der Waals surface area contributed by atoms with Crippen LogP contribution < -0.4 is 5.32 Å². The van der Waals surface area contributed by atoms with Crippen LogP contribution in [-0.2, 0) is 11.3 Å². The molecule has 1 aromatic heterocycles. The van der Waals surface area contributed by atoms with Gasteiger partial charge in [-0.3, -0.25) is 9.48 Å². The number of piperidine rings is 3. The first-order valence-corrected chi connectivity index (χ1v) is 8.97. The number of fused-ring (bicyclic) bond motifs is 3. The third kappa shape index (κ3) is 3.08. The van der Waals surface area contributed by atoms with Crippen molar-refractivity contribution in [1.29, 1.82) is 0 Å². The van der Waals surface area contributed by atoms with Gasteiger partial charge in [-0.25, -0.2) is 0 Å². The lowest BCUT2D eigenvalue weighted by Crippen LogP contribution is -2.58. The molecule has 0 radical (unpaired) electrons. The number of halogens is 1. The Hall–Kier alpha value is -0.880.